The zero-order valence-corrected chi connectivity index (χ0v) is 32.1. The number of phosphoric acid groups is 1. The first-order valence-corrected chi connectivity index (χ1v) is 20.1. The van der Waals surface area contributed by atoms with E-state index < -0.39 is 20.0 Å². The van der Waals surface area contributed by atoms with Crippen LogP contribution in [0, 0.1) is 0 Å². The Balaban J connectivity index is 4.44. The van der Waals surface area contributed by atoms with Crippen molar-refractivity contribution in [2.75, 3.05) is 40.9 Å². The molecule has 0 radical (unpaired) electrons. The molecule has 0 bridgehead atoms. The van der Waals surface area contributed by atoms with Crippen molar-refractivity contribution in [3.05, 3.63) is 60.8 Å². The average Bonchev–Trinajstić information content (AvgIpc) is 3.02. The molecule has 0 fully saturated rings. The number of amides is 1. The molecule has 278 valence electrons. The normalized spacial score (nSPS) is 15.4. The van der Waals surface area contributed by atoms with Gasteiger partial charge in [0.25, 0.3) is 7.82 Å². The van der Waals surface area contributed by atoms with E-state index in [1.165, 1.54) is 25.7 Å². The molecule has 48 heavy (non-hydrogen) atoms. The number of quaternary nitrogens is 1. The van der Waals surface area contributed by atoms with E-state index in [0.717, 1.165) is 77.0 Å². The van der Waals surface area contributed by atoms with Crippen LogP contribution in [0.3, 0.4) is 0 Å². The highest BCUT2D eigenvalue weighted by atomic mass is 31.2. The molecule has 0 aromatic heterocycles. The van der Waals surface area contributed by atoms with Gasteiger partial charge in [0.05, 0.1) is 39.9 Å². The number of aliphatic hydroxyl groups is 1. The highest BCUT2D eigenvalue weighted by molar-refractivity contribution is 7.45. The first-order valence-electron chi connectivity index (χ1n) is 18.6. The van der Waals surface area contributed by atoms with Crippen molar-refractivity contribution in [1.29, 1.82) is 0 Å². The van der Waals surface area contributed by atoms with Crippen LogP contribution < -0.4 is 10.2 Å². The lowest BCUT2D eigenvalue weighted by atomic mass is 10.0. The van der Waals surface area contributed by atoms with Gasteiger partial charge < -0.3 is 28.8 Å². The summed E-state index contributed by atoms with van der Waals surface area (Å²) in [6.07, 6.45) is 38.1. The number of rotatable bonds is 32. The van der Waals surface area contributed by atoms with Gasteiger partial charge >= 0.3 is 0 Å². The summed E-state index contributed by atoms with van der Waals surface area (Å²) in [6, 6.07) is -0.817. The fourth-order valence-electron chi connectivity index (χ4n) is 4.77. The third-order valence-electron chi connectivity index (χ3n) is 7.77. The summed E-state index contributed by atoms with van der Waals surface area (Å²) < 4.78 is 23.0. The zero-order chi connectivity index (χ0) is 35.8. The highest BCUT2D eigenvalue weighted by Gasteiger charge is 2.24. The van der Waals surface area contributed by atoms with Gasteiger partial charge in [0.15, 0.2) is 0 Å². The van der Waals surface area contributed by atoms with Crippen molar-refractivity contribution in [2.45, 2.75) is 142 Å². The summed E-state index contributed by atoms with van der Waals surface area (Å²) in [5.74, 6) is -0.205. The van der Waals surface area contributed by atoms with Crippen molar-refractivity contribution in [1.82, 2.24) is 5.32 Å². The molecule has 0 aromatic carbocycles. The zero-order valence-electron chi connectivity index (χ0n) is 31.2. The van der Waals surface area contributed by atoms with Gasteiger partial charge in [0, 0.05) is 6.42 Å². The van der Waals surface area contributed by atoms with Gasteiger partial charge in [-0.2, -0.15) is 0 Å². The molecule has 0 saturated heterocycles. The van der Waals surface area contributed by atoms with Gasteiger partial charge in [-0.25, -0.2) is 0 Å². The number of hydrogen-bond donors (Lipinski definition) is 2. The first-order chi connectivity index (χ1) is 23.0. The molecule has 0 aliphatic heterocycles. The molecule has 8 nitrogen and oxygen atoms in total. The molecule has 0 aromatic rings. The smallest absolute Gasteiger partial charge is 0.268 e. The van der Waals surface area contributed by atoms with E-state index in [0.29, 0.717) is 23.9 Å². The van der Waals surface area contributed by atoms with Gasteiger partial charge in [-0.1, -0.05) is 126 Å². The topological polar surface area (TPSA) is 108 Å². The Morgan fingerprint density at radius 1 is 0.750 bits per heavy atom. The standard InChI is InChI=1S/C39H71N2O6P/c1-6-8-10-12-14-15-16-17-18-19-20-21-22-23-24-25-27-29-31-33-39(43)40-37(38(42)32-30-28-26-13-11-9-7-2)36-47-48(44,45)46-35-34-41(3,4)5/h8,10,14-15,17-18,20-21,23-24,37-38,42H,6-7,9,11-13,16,19,22,25-36H2,1-5H3,(H-,40,43,44,45)/b10-8-,15-14-,18-17-,21-20-,24-23-. The largest absolute Gasteiger partial charge is 0.756 e. The minimum Gasteiger partial charge on any atom is -0.756 e. The maximum absolute atomic E-state index is 12.7. The number of allylic oxidation sites excluding steroid dienone is 10. The second-order valence-corrected chi connectivity index (χ2v) is 15.0. The number of unbranched alkanes of at least 4 members (excludes halogenated alkanes) is 9. The van der Waals surface area contributed by atoms with Crippen LogP contribution in [0.2, 0.25) is 0 Å². The third kappa shape index (κ3) is 32.7. The van der Waals surface area contributed by atoms with Gasteiger partial charge in [0.1, 0.15) is 13.2 Å². The van der Waals surface area contributed by atoms with Crippen LogP contribution in [0.25, 0.3) is 0 Å². The van der Waals surface area contributed by atoms with E-state index in [1.807, 2.05) is 21.1 Å². The molecule has 9 heteroatoms. The Labute approximate surface area is 294 Å². The molecular weight excluding hydrogens is 623 g/mol. The predicted octanol–water partition coefficient (Wildman–Crippen LogP) is 8.88. The van der Waals surface area contributed by atoms with Crippen LogP contribution in [-0.4, -0.2) is 68.5 Å². The average molecular weight is 695 g/mol. The van der Waals surface area contributed by atoms with Gasteiger partial charge in [-0.15, -0.1) is 0 Å². The van der Waals surface area contributed by atoms with Crippen LogP contribution in [0.5, 0.6) is 0 Å². The van der Waals surface area contributed by atoms with Crippen LogP contribution in [-0.2, 0) is 18.4 Å². The fourth-order valence-corrected chi connectivity index (χ4v) is 5.49. The Bertz CT molecular complexity index is 970. The summed E-state index contributed by atoms with van der Waals surface area (Å²) in [4.78, 5) is 25.1. The quantitative estimate of drug-likeness (QED) is 0.0315. The molecule has 2 N–H and O–H groups in total. The van der Waals surface area contributed by atoms with E-state index >= 15 is 0 Å². The number of likely N-dealkylation sites (N-methyl/N-ethyl adjacent to an activating group) is 1. The first kappa shape index (κ1) is 46.2. The number of phosphoric ester groups is 1. The van der Waals surface area contributed by atoms with Crippen LogP contribution in [0.1, 0.15) is 129 Å². The summed E-state index contributed by atoms with van der Waals surface area (Å²) in [7, 11) is 1.26. The maximum atomic E-state index is 12.7. The second-order valence-electron chi connectivity index (χ2n) is 13.5. The predicted molar refractivity (Wildman–Crippen MR) is 201 cm³/mol. The van der Waals surface area contributed by atoms with Crippen molar-refractivity contribution in [2.24, 2.45) is 0 Å². The SMILES string of the molecule is CC/C=C\C/C=C\C/C=C\C/C=C\C/C=C\CCCCCC(=O)NC(COP(=O)([O-])OCC[N+](C)(C)C)C(O)CCCCCCCCC. The number of nitrogens with zero attached hydrogens (tertiary/aromatic N) is 1. The number of carbonyl (C=O) groups excluding carboxylic acids is 1. The monoisotopic (exact) mass is 695 g/mol. The molecule has 0 saturated carbocycles. The molecule has 3 atom stereocenters. The van der Waals surface area contributed by atoms with Gasteiger partial charge in [0.2, 0.25) is 5.91 Å². The molecule has 0 rings (SSSR count). The van der Waals surface area contributed by atoms with E-state index in [-0.39, 0.29) is 19.1 Å². The summed E-state index contributed by atoms with van der Waals surface area (Å²) in [5.41, 5.74) is 0. The lowest BCUT2D eigenvalue weighted by Crippen LogP contribution is -2.46. The fraction of sp³-hybridized carbons (Fsp3) is 0.718. The van der Waals surface area contributed by atoms with Crippen molar-refractivity contribution in [3.8, 4) is 0 Å². The lowest BCUT2D eigenvalue weighted by molar-refractivity contribution is -0.870. The van der Waals surface area contributed by atoms with Crippen LogP contribution >= 0.6 is 7.82 Å². The van der Waals surface area contributed by atoms with E-state index in [2.05, 4.69) is 79.9 Å². The van der Waals surface area contributed by atoms with Crippen molar-refractivity contribution < 1.29 is 32.9 Å². The number of nitrogens with one attached hydrogen (secondary N) is 1. The number of aliphatic hydroxyl groups excluding tert-OH is 1. The maximum Gasteiger partial charge on any atom is 0.268 e. The lowest BCUT2D eigenvalue weighted by Gasteiger charge is -2.30. The minimum absolute atomic E-state index is 0.00150. The minimum atomic E-state index is -4.56. The Hall–Kier alpha value is -1.80. The van der Waals surface area contributed by atoms with E-state index in [9.17, 15) is 19.4 Å². The second kappa shape index (κ2) is 31.2. The number of hydrogen-bond acceptors (Lipinski definition) is 6. The Morgan fingerprint density at radius 3 is 1.83 bits per heavy atom. The highest BCUT2D eigenvalue weighted by Crippen LogP contribution is 2.38. The molecule has 1 amide bonds. The van der Waals surface area contributed by atoms with Gasteiger partial charge in [-0.05, 0) is 57.8 Å². The van der Waals surface area contributed by atoms with Crippen LogP contribution in [0.15, 0.2) is 60.8 Å². The van der Waals surface area contributed by atoms with E-state index in [4.69, 9.17) is 9.05 Å². The summed E-state index contributed by atoms with van der Waals surface area (Å²) in [5, 5.41) is 13.7. The summed E-state index contributed by atoms with van der Waals surface area (Å²) in [6.45, 7) is 4.49. The van der Waals surface area contributed by atoms with Crippen molar-refractivity contribution in [3.63, 3.8) is 0 Å². The van der Waals surface area contributed by atoms with Gasteiger partial charge in [-0.3, -0.25) is 9.36 Å². The third-order valence-corrected chi connectivity index (χ3v) is 8.73. The Morgan fingerprint density at radius 2 is 1.27 bits per heavy atom. The molecule has 0 aliphatic carbocycles. The van der Waals surface area contributed by atoms with Crippen molar-refractivity contribution >= 4 is 13.7 Å². The molecule has 0 spiro atoms. The van der Waals surface area contributed by atoms with Crippen LogP contribution in [0.4, 0.5) is 0 Å². The van der Waals surface area contributed by atoms with E-state index in [1.54, 1.807) is 0 Å². The molecule has 3 unspecified atom stereocenters. The molecular formula is C39H71N2O6P. The number of carbonyl (C=O) groups is 1. The Kier molecular flexibility index (Phi) is 30.0. The molecule has 0 heterocycles. The summed E-state index contributed by atoms with van der Waals surface area (Å²) >= 11 is 0. The molecule has 0 aliphatic rings.